The van der Waals surface area contributed by atoms with E-state index in [2.05, 4.69) is 11.1 Å². The molecule has 0 radical (unpaired) electrons. The molecule has 3 rings (SSSR count). The van der Waals surface area contributed by atoms with Crippen LogP contribution in [0.2, 0.25) is 0 Å². The number of benzene rings is 1. The molecule has 0 saturated heterocycles. The number of hydrogen-bond acceptors (Lipinski definition) is 3. The summed E-state index contributed by atoms with van der Waals surface area (Å²) in [6.45, 7) is 1.29. The van der Waals surface area contributed by atoms with Crippen molar-refractivity contribution in [1.82, 2.24) is 4.98 Å². The Labute approximate surface area is 105 Å². The smallest absolute Gasteiger partial charge is 0.169 e. The van der Waals surface area contributed by atoms with Gasteiger partial charge in [-0.2, -0.15) is 0 Å². The van der Waals surface area contributed by atoms with Crippen molar-refractivity contribution in [3.8, 4) is 0 Å². The van der Waals surface area contributed by atoms with Crippen LogP contribution in [0.25, 0.3) is 0 Å². The van der Waals surface area contributed by atoms with Crippen molar-refractivity contribution < 1.29 is 4.39 Å². The van der Waals surface area contributed by atoms with E-state index in [9.17, 15) is 4.39 Å². The summed E-state index contributed by atoms with van der Waals surface area (Å²) in [5, 5.41) is 0. The van der Waals surface area contributed by atoms with E-state index in [1.54, 1.807) is 12.3 Å². The fraction of sp³-hybridized carbons (Fsp3) is 0.214. The van der Waals surface area contributed by atoms with Crippen LogP contribution in [0.3, 0.4) is 0 Å². The Kier molecular flexibility index (Phi) is 2.72. The van der Waals surface area contributed by atoms with E-state index in [0.29, 0.717) is 12.4 Å². The number of anilines is 2. The predicted molar refractivity (Wildman–Crippen MR) is 69.2 cm³/mol. The molecule has 1 aromatic heterocycles. The molecule has 2 heterocycles. The average Bonchev–Trinajstić information content (AvgIpc) is 2.82. The van der Waals surface area contributed by atoms with Gasteiger partial charge >= 0.3 is 0 Å². The summed E-state index contributed by atoms with van der Waals surface area (Å²) < 4.78 is 13.8. The molecule has 4 heteroatoms. The molecule has 1 aliphatic heterocycles. The molecule has 0 aliphatic carbocycles. The molecule has 0 spiro atoms. The third kappa shape index (κ3) is 1.75. The van der Waals surface area contributed by atoms with Gasteiger partial charge in [-0.05, 0) is 35.7 Å². The second kappa shape index (κ2) is 4.38. The Morgan fingerprint density at radius 2 is 2.22 bits per heavy atom. The molecule has 3 nitrogen and oxygen atoms in total. The van der Waals surface area contributed by atoms with Gasteiger partial charge < -0.3 is 10.6 Å². The maximum atomic E-state index is 13.8. The highest BCUT2D eigenvalue weighted by Gasteiger charge is 2.23. The number of hydrogen-bond donors (Lipinski definition) is 1. The lowest BCUT2D eigenvalue weighted by Gasteiger charge is -2.18. The van der Waals surface area contributed by atoms with Gasteiger partial charge in [0.25, 0.3) is 0 Å². The van der Waals surface area contributed by atoms with Crippen molar-refractivity contribution in [3.63, 3.8) is 0 Å². The van der Waals surface area contributed by atoms with E-state index in [1.807, 2.05) is 17.0 Å². The van der Waals surface area contributed by atoms with Crippen LogP contribution in [0.15, 0.2) is 36.5 Å². The summed E-state index contributed by atoms with van der Waals surface area (Å²) >= 11 is 0. The topological polar surface area (TPSA) is 42.1 Å². The molecule has 0 fully saturated rings. The highest BCUT2D eigenvalue weighted by molar-refractivity contribution is 5.68. The zero-order valence-electron chi connectivity index (χ0n) is 9.94. The SMILES string of the molecule is NCc1ccc2c(c1)CCN2c1ncccc1F. The average molecular weight is 243 g/mol. The third-order valence-corrected chi connectivity index (χ3v) is 3.27. The lowest BCUT2D eigenvalue weighted by molar-refractivity contribution is 0.619. The zero-order valence-corrected chi connectivity index (χ0v) is 9.94. The lowest BCUT2D eigenvalue weighted by atomic mass is 10.1. The van der Waals surface area contributed by atoms with Crippen LogP contribution < -0.4 is 10.6 Å². The Bertz CT molecular complexity index is 583. The standard InChI is InChI=1S/C14H14FN3/c15-12-2-1-6-17-14(12)18-7-5-11-8-10(9-16)3-4-13(11)18/h1-4,6,8H,5,7,9,16H2. The van der Waals surface area contributed by atoms with Crippen LogP contribution in [0, 0.1) is 5.82 Å². The Hall–Kier alpha value is -1.94. The number of rotatable bonds is 2. The fourth-order valence-electron chi connectivity index (χ4n) is 2.38. The summed E-state index contributed by atoms with van der Waals surface area (Å²) in [5.74, 6) is 0.116. The number of fused-ring (bicyclic) bond motifs is 1. The number of nitrogens with zero attached hydrogens (tertiary/aromatic N) is 2. The minimum atomic E-state index is -0.284. The maximum Gasteiger partial charge on any atom is 0.169 e. The number of nitrogens with two attached hydrogens (primary N) is 1. The van der Waals surface area contributed by atoms with Crippen molar-refractivity contribution in [2.45, 2.75) is 13.0 Å². The predicted octanol–water partition coefficient (Wildman–Crippen LogP) is 2.37. The first-order valence-corrected chi connectivity index (χ1v) is 5.99. The molecule has 2 N–H and O–H groups in total. The minimum Gasteiger partial charge on any atom is -0.326 e. The molecule has 0 atom stereocenters. The number of aromatic nitrogens is 1. The summed E-state index contributed by atoms with van der Waals surface area (Å²) in [6.07, 6.45) is 2.52. The molecule has 92 valence electrons. The Morgan fingerprint density at radius 3 is 3.00 bits per heavy atom. The first kappa shape index (κ1) is 11.2. The van der Waals surface area contributed by atoms with E-state index in [1.165, 1.54) is 11.6 Å². The van der Waals surface area contributed by atoms with Crippen LogP contribution in [0.1, 0.15) is 11.1 Å². The number of halogens is 1. The van der Waals surface area contributed by atoms with E-state index in [0.717, 1.165) is 24.2 Å². The van der Waals surface area contributed by atoms with Gasteiger partial charge in [-0.25, -0.2) is 9.37 Å². The van der Waals surface area contributed by atoms with Crippen LogP contribution in [0.4, 0.5) is 15.9 Å². The highest BCUT2D eigenvalue weighted by Crippen LogP contribution is 2.34. The van der Waals surface area contributed by atoms with Crippen molar-refractivity contribution in [3.05, 3.63) is 53.5 Å². The van der Waals surface area contributed by atoms with Crippen molar-refractivity contribution in [2.24, 2.45) is 5.73 Å². The van der Waals surface area contributed by atoms with E-state index < -0.39 is 0 Å². The molecular formula is C14H14FN3. The van der Waals surface area contributed by atoms with E-state index >= 15 is 0 Å². The van der Waals surface area contributed by atoms with Crippen LogP contribution >= 0.6 is 0 Å². The fourth-order valence-corrected chi connectivity index (χ4v) is 2.38. The molecule has 2 aromatic rings. The highest BCUT2D eigenvalue weighted by atomic mass is 19.1. The van der Waals surface area contributed by atoms with Gasteiger partial charge in [-0.1, -0.05) is 12.1 Å². The van der Waals surface area contributed by atoms with Crippen molar-refractivity contribution in [1.29, 1.82) is 0 Å². The number of pyridine rings is 1. The van der Waals surface area contributed by atoms with Gasteiger partial charge in [0.15, 0.2) is 11.6 Å². The maximum absolute atomic E-state index is 13.8. The molecule has 0 unspecified atom stereocenters. The quantitative estimate of drug-likeness (QED) is 0.880. The van der Waals surface area contributed by atoms with Crippen molar-refractivity contribution in [2.75, 3.05) is 11.4 Å². The van der Waals surface area contributed by atoms with E-state index in [-0.39, 0.29) is 5.82 Å². The molecule has 1 aromatic carbocycles. The zero-order chi connectivity index (χ0) is 12.5. The normalized spacial score (nSPS) is 13.8. The minimum absolute atomic E-state index is 0.284. The first-order valence-electron chi connectivity index (χ1n) is 5.99. The van der Waals surface area contributed by atoms with Gasteiger partial charge in [0, 0.05) is 25.0 Å². The Balaban J connectivity index is 2.03. The van der Waals surface area contributed by atoms with E-state index in [4.69, 9.17) is 5.73 Å². The van der Waals surface area contributed by atoms with Crippen LogP contribution in [0.5, 0.6) is 0 Å². The summed E-state index contributed by atoms with van der Waals surface area (Å²) in [7, 11) is 0. The largest absolute Gasteiger partial charge is 0.326 e. The molecule has 0 saturated carbocycles. The molecule has 0 bridgehead atoms. The second-order valence-corrected chi connectivity index (χ2v) is 4.38. The Morgan fingerprint density at radius 1 is 1.33 bits per heavy atom. The lowest BCUT2D eigenvalue weighted by Crippen LogP contribution is -2.16. The van der Waals surface area contributed by atoms with Gasteiger partial charge in [0.05, 0.1) is 0 Å². The van der Waals surface area contributed by atoms with Crippen LogP contribution in [-0.4, -0.2) is 11.5 Å². The molecule has 18 heavy (non-hydrogen) atoms. The summed E-state index contributed by atoms with van der Waals surface area (Å²) in [5.41, 5.74) is 8.98. The van der Waals surface area contributed by atoms with Gasteiger partial charge in [-0.15, -0.1) is 0 Å². The molecular weight excluding hydrogens is 229 g/mol. The van der Waals surface area contributed by atoms with Crippen molar-refractivity contribution >= 4 is 11.5 Å². The van der Waals surface area contributed by atoms with Gasteiger partial charge in [0.2, 0.25) is 0 Å². The first-order chi connectivity index (χ1) is 8.79. The summed E-state index contributed by atoms with van der Waals surface area (Å²) in [6, 6.07) is 9.12. The van der Waals surface area contributed by atoms with Gasteiger partial charge in [-0.3, -0.25) is 0 Å². The third-order valence-electron chi connectivity index (χ3n) is 3.27. The monoisotopic (exact) mass is 243 g/mol. The molecule has 1 aliphatic rings. The molecule has 0 amide bonds. The van der Waals surface area contributed by atoms with Crippen LogP contribution in [-0.2, 0) is 13.0 Å². The van der Waals surface area contributed by atoms with Gasteiger partial charge in [0.1, 0.15) is 0 Å². The second-order valence-electron chi connectivity index (χ2n) is 4.38. The summed E-state index contributed by atoms with van der Waals surface area (Å²) in [4.78, 5) is 6.05.